The number of carbonyl (C=O) groups excluding carboxylic acids is 2. The SMILES string of the molecule is C/C(=C/C(=O)OCC(C)(C)C)C(=O)OCC(C)(C)C. The summed E-state index contributed by atoms with van der Waals surface area (Å²) in [6.45, 7) is 14.0. The lowest BCUT2D eigenvalue weighted by Gasteiger charge is -2.18. The van der Waals surface area contributed by atoms with E-state index in [1.165, 1.54) is 6.08 Å². The Morgan fingerprint density at radius 1 is 0.895 bits per heavy atom. The van der Waals surface area contributed by atoms with E-state index in [4.69, 9.17) is 9.47 Å². The molecule has 19 heavy (non-hydrogen) atoms. The monoisotopic (exact) mass is 270 g/mol. The van der Waals surface area contributed by atoms with Gasteiger partial charge in [0.1, 0.15) is 0 Å². The molecule has 0 saturated heterocycles. The van der Waals surface area contributed by atoms with E-state index in [2.05, 4.69) is 0 Å². The molecule has 0 aliphatic carbocycles. The number of hydrogen-bond acceptors (Lipinski definition) is 4. The first-order valence-electron chi connectivity index (χ1n) is 6.43. The molecule has 0 spiro atoms. The fourth-order valence-corrected chi connectivity index (χ4v) is 0.961. The van der Waals surface area contributed by atoms with Gasteiger partial charge in [0.2, 0.25) is 0 Å². The molecule has 0 aliphatic rings. The van der Waals surface area contributed by atoms with Crippen LogP contribution in [0.25, 0.3) is 0 Å². The molecular weight excluding hydrogens is 244 g/mol. The molecule has 0 aromatic carbocycles. The lowest BCUT2D eigenvalue weighted by molar-refractivity contribution is -0.144. The van der Waals surface area contributed by atoms with Crippen LogP contribution in [0.15, 0.2) is 11.6 Å². The van der Waals surface area contributed by atoms with Crippen molar-refractivity contribution in [1.82, 2.24) is 0 Å². The Hall–Kier alpha value is -1.32. The van der Waals surface area contributed by atoms with E-state index in [1.54, 1.807) is 6.92 Å². The van der Waals surface area contributed by atoms with E-state index in [1.807, 2.05) is 41.5 Å². The van der Waals surface area contributed by atoms with Gasteiger partial charge in [0.05, 0.1) is 13.2 Å². The number of carbonyl (C=O) groups is 2. The van der Waals surface area contributed by atoms with Gasteiger partial charge in [-0.15, -0.1) is 0 Å². The zero-order valence-electron chi connectivity index (χ0n) is 13.1. The van der Waals surface area contributed by atoms with Crippen molar-refractivity contribution in [2.75, 3.05) is 13.2 Å². The molecule has 0 rings (SSSR count). The van der Waals surface area contributed by atoms with Crippen molar-refractivity contribution in [3.05, 3.63) is 11.6 Å². The molecule has 0 aliphatic heterocycles. The topological polar surface area (TPSA) is 52.6 Å². The van der Waals surface area contributed by atoms with Gasteiger partial charge in [0.15, 0.2) is 0 Å². The molecule has 0 bridgehead atoms. The van der Waals surface area contributed by atoms with Crippen molar-refractivity contribution in [3.63, 3.8) is 0 Å². The molecule has 0 radical (unpaired) electrons. The zero-order chi connectivity index (χ0) is 15.3. The van der Waals surface area contributed by atoms with E-state index in [0.29, 0.717) is 13.2 Å². The first-order chi connectivity index (χ1) is 8.41. The van der Waals surface area contributed by atoms with E-state index in [-0.39, 0.29) is 16.4 Å². The van der Waals surface area contributed by atoms with Crippen molar-refractivity contribution >= 4 is 11.9 Å². The molecule has 0 unspecified atom stereocenters. The lowest BCUT2D eigenvalue weighted by Crippen LogP contribution is -2.20. The van der Waals surface area contributed by atoms with Crippen LogP contribution in [0.3, 0.4) is 0 Å². The molecular formula is C15H26O4. The van der Waals surface area contributed by atoms with Crippen LogP contribution in [-0.4, -0.2) is 25.2 Å². The third-order valence-electron chi connectivity index (χ3n) is 1.94. The van der Waals surface area contributed by atoms with Gasteiger partial charge in [-0.1, -0.05) is 41.5 Å². The molecule has 110 valence electrons. The van der Waals surface area contributed by atoms with Crippen LogP contribution in [0.5, 0.6) is 0 Å². The molecule has 0 aromatic heterocycles. The second kappa shape index (κ2) is 6.73. The summed E-state index contributed by atoms with van der Waals surface area (Å²) in [5.41, 5.74) is 0.0653. The lowest BCUT2D eigenvalue weighted by atomic mass is 9.98. The standard InChI is InChI=1S/C15H26O4/c1-11(13(17)19-10-15(5,6)7)8-12(16)18-9-14(2,3)4/h8H,9-10H2,1-7H3/b11-8-. The Morgan fingerprint density at radius 2 is 1.32 bits per heavy atom. The second-order valence-electron chi connectivity index (χ2n) is 7.13. The minimum atomic E-state index is -0.514. The fraction of sp³-hybridized carbons (Fsp3) is 0.733. The summed E-state index contributed by atoms with van der Waals surface area (Å²) in [6.07, 6.45) is 1.18. The van der Waals surface area contributed by atoms with Gasteiger partial charge in [-0.25, -0.2) is 9.59 Å². The summed E-state index contributed by atoms with van der Waals surface area (Å²) >= 11 is 0. The van der Waals surface area contributed by atoms with Crippen LogP contribution in [-0.2, 0) is 19.1 Å². The highest BCUT2D eigenvalue weighted by Gasteiger charge is 2.16. The Labute approximate surface area is 116 Å². The fourth-order valence-electron chi connectivity index (χ4n) is 0.961. The average molecular weight is 270 g/mol. The Balaban J connectivity index is 4.31. The van der Waals surface area contributed by atoms with Crippen molar-refractivity contribution < 1.29 is 19.1 Å². The normalized spacial score (nSPS) is 13.1. The Morgan fingerprint density at radius 3 is 1.74 bits per heavy atom. The molecule has 0 amide bonds. The highest BCUT2D eigenvalue weighted by Crippen LogP contribution is 2.15. The minimum Gasteiger partial charge on any atom is -0.462 e. The molecule has 4 heteroatoms. The van der Waals surface area contributed by atoms with Crippen molar-refractivity contribution in [2.45, 2.75) is 48.5 Å². The van der Waals surface area contributed by atoms with Gasteiger partial charge in [0.25, 0.3) is 0 Å². The predicted octanol–water partition coefficient (Wildman–Crippen LogP) is 3.11. The molecule has 0 N–H and O–H groups in total. The highest BCUT2D eigenvalue weighted by atomic mass is 16.5. The average Bonchev–Trinajstić information content (AvgIpc) is 2.21. The van der Waals surface area contributed by atoms with Crippen LogP contribution in [0.1, 0.15) is 48.5 Å². The molecule has 0 heterocycles. The molecule has 4 nitrogen and oxygen atoms in total. The summed E-state index contributed by atoms with van der Waals surface area (Å²) < 4.78 is 10.1. The van der Waals surface area contributed by atoms with Crippen molar-refractivity contribution in [2.24, 2.45) is 10.8 Å². The maximum Gasteiger partial charge on any atom is 0.333 e. The molecule has 0 atom stereocenters. The second-order valence-corrected chi connectivity index (χ2v) is 7.13. The number of hydrogen-bond donors (Lipinski definition) is 0. The summed E-state index contributed by atoms with van der Waals surface area (Å²) in [4.78, 5) is 23.1. The number of esters is 2. The van der Waals surface area contributed by atoms with Gasteiger partial charge < -0.3 is 9.47 Å². The summed E-state index contributed by atoms with van der Waals surface area (Å²) in [5.74, 6) is -0.997. The van der Waals surface area contributed by atoms with E-state index in [0.717, 1.165) is 0 Å². The number of rotatable bonds is 4. The predicted molar refractivity (Wildman–Crippen MR) is 74.6 cm³/mol. The van der Waals surface area contributed by atoms with Crippen LogP contribution < -0.4 is 0 Å². The largest absolute Gasteiger partial charge is 0.462 e. The van der Waals surface area contributed by atoms with Gasteiger partial charge in [-0.3, -0.25) is 0 Å². The van der Waals surface area contributed by atoms with Crippen molar-refractivity contribution in [3.8, 4) is 0 Å². The quantitative estimate of drug-likeness (QED) is 0.582. The third-order valence-corrected chi connectivity index (χ3v) is 1.94. The van der Waals surface area contributed by atoms with E-state index >= 15 is 0 Å². The smallest absolute Gasteiger partial charge is 0.333 e. The first kappa shape index (κ1) is 17.7. The Bertz CT molecular complexity index is 353. The van der Waals surface area contributed by atoms with Gasteiger partial charge in [0, 0.05) is 11.6 Å². The van der Waals surface area contributed by atoms with Gasteiger partial charge in [-0.2, -0.15) is 0 Å². The summed E-state index contributed by atoms with van der Waals surface area (Å²) in [5, 5.41) is 0. The minimum absolute atomic E-state index is 0.0931. The Kier molecular flexibility index (Phi) is 6.27. The summed E-state index contributed by atoms with van der Waals surface area (Å²) in [6, 6.07) is 0. The molecule has 0 fully saturated rings. The molecule has 0 saturated carbocycles. The highest BCUT2D eigenvalue weighted by molar-refractivity contribution is 5.95. The maximum absolute atomic E-state index is 11.6. The van der Waals surface area contributed by atoms with E-state index < -0.39 is 11.9 Å². The summed E-state index contributed by atoms with van der Waals surface area (Å²) in [7, 11) is 0. The van der Waals surface area contributed by atoms with Crippen LogP contribution >= 0.6 is 0 Å². The third kappa shape index (κ3) is 10.3. The maximum atomic E-state index is 11.6. The first-order valence-corrected chi connectivity index (χ1v) is 6.43. The molecule has 0 aromatic rings. The van der Waals surface area contributed by atoms with Gasteiger partial charge in [-0.05, 0) is 17.8 Å². The number of ether oxygens (including phenoxy) is 2. The van der Waals surface area contributed by atoms with Gasteiger partial charge >= 0.3 is 11.9 Å². The van der Waals surface area contributed by atoms with Crippen LogP contribution in [0.2, 0.25) is 0 Å². The van der Waals surface area contributed by atoms with E-state index in [9.17, 15) is 9.59 Å². The van der Waals surface area contributed by atoms with Crippen LogP contribution in [0.4, 0.5) is 0 Å². The van der Waals surface area contributed by atoms with Crippen LogP contribution in [0, 0.1) is 10.8 Å². The zero-order valence-corrected chi connectivity index (χ0v) is 13.1. The van der Waals surface area contributed by atoms with Crippen molar-refractivity contribution in [1.29, 1.82) is 0 Å².